The molecule has 1 atom stereocenters. The molecule has 3 aromatic rings. The fourth-order valence-electron chi connectivity index (χ4n) is 4.36. The number of aromatic nitrogens is 1. The van der Waals surface area contributed by atoms with Crippen molar-refractivity contribution in [1.82, 2.24) is 4.57 Å². The Morgan fingerprint density at radius 1 is 1.21 bits per heavy atom. The molecule has 2 aromatic carbocycles. The van der Waals surface area contributed by atoms with Crippen molar-refractivity contribution in [2.24, 2.45) is 4.99 Å². The summed E-state index contributed by atoms with van der Waals surface area (Å²) in [5.74, 6) is 0.270. The lowest BCUT2D eigenvalue weighted by molar-refractivity contribution is -0.385. The number of hydrogen-bond acceptors (Lipinski definition) is 9. The molecule has 38 heavy (non-hydrogen) atoms. The molecule has 0 bridgehead atoms. The van der Waals surface area contributed by atoms with Crippen LogP contribution in [0.3, 0.4) is 0 Å². The molecule has 0 radical (unpaired) electrons. The van der Waals surface area contributed by atoms with Gasteiger partial charge in [-0.1, -0.05) is 35.6 Å². The minimum atomic E-state index is -0.892. The molecule has 198 valence electrons. The molecule has 0 aliphatic carbocycles. The third kappa shape index (κ3) is 4.84. The van der Waals surface area contributed by atoms with Gasteiger partial charge in [-0.15, -0.1) is 0 Å². The average molecular weight is 538 g/mol. The Labute approximate surface area is 222 Å². The third-order valence-electron chi connectivity index (χ3n) is 6.06. The summed E-state index contributed by atoms with van der Waals surface area (Å²) < 4.78 is 18.5. The Hall–Kier alpha value is -4.25. The van der Waals surface area contributed by atoms with E-state index in [9.17, 15) is 19.7 Å². The molecule has 4 rings (SSSR count). The number of rotatable bonds is 8. The summed E-state index contributed by atoms with van der Waals surface area (Å²) >= 11 is 1.13. The largest absolute Gasteiger partial charge is 0.493 e. The molecular weight excluding hydrogens is 510 g/mol. The molecule has 11 heteroatoms. The summed E-state index contributed by atoms with van der Waals surface area (Å²) in [6.45, 7) is 7.36. The number of nitrogens with zero attached hydrogens (tertiary/aromatic N) is 3. The van der Waals surface area contributed by atoms with Crippen molar-refractivity contribution in [2.75, 3.05) is 20.3 Å². The minimum absolute atomic E-state index is 0.0393. The van der Waals surface area contributed by atoms with Crippen LogP contribution in [0.2, 0.25) is 0 Å². The van der Waals surface area contributed by atoms with Crippen molar-refractivity contribution in [1.29, 1.82) is 0 Å². The number of carbonyl (C=O) groups is 1. The number of fused-ring (bicyclic) bond motifs is 1. The van der Waals surface area contributed by atoms with E-state index in [1.165, 1.54) is 17.7 Å². The number of nitro groups is 1. The monoisotopic (exact) mass is 537 g/mol. The van der Waals surface area contributed by atoms with Gasteiger partial charge in [-0.2, -0.15) is 0 Å². The smallest absolute Gasteiger partial charge is 0.338 e. The first kappa shape index (κ1) is 26.8. The van der Waals surface area contributed by atoms with Crippen LogP contribution >= 0.6 is 11.3 Å². The average Bonchev–Trinajstić information content (AvgIpc) is 3.18. The van der Waals surface area contributed by atoms with Gasteiger partial charge in [0, 0.05) is 17.2 Å². The van der Waals surface area contributed by atoms with Crippen molar-refractivity contribution in [2.45, 2.75) is 33.7 Å². The summed E-state index contributed by atoms with van der Waals surface area (Å²) in [5, 5.41) is 11.4. The maximum atomic E-state index is 13.8. The number of hydrogen-bond donors (Lipinski definition) is 0. The van der Waals surface area contributed by atoms with Crippen LogP contribution in [0, 0.1) is 17.0 Å². The van der Waals surface area contributed by atoms with E-state index in [2.05, 4.69) is 4.99 Å². The van der Waals surface area contributed by atoms with E-state index >= 15 is 0 Å². The van der Waals surface area contributed by atoms with Gasteiger partial charge in [0.25, 0.3) is 11.2 Å². The Morgan fingerprint density at radius 2 is 1.97 bits per heavy atom. The van der Waals surface area contributed by atoms with Crippen molar-refractivity contribution in [3.63, 3.8) is 0 Å². The molecule has 0 unspecified atom stereocenters. The molecular formula is C27H27N3O7S. The van der Waals surface area contributed by atoms with Crippen LogP contribution in [0.25, 0.3) is 6.08 Å². The normalized spacial score (nSPS) is 15.1. The van der Waals surface area contributed by atoms with Crippen LogP contribution in [0.1, 0.15) is 43.5 Å². The van der Waals surface area contributed by atoms with E-state index in [-0.39, 0.29) is 17.9 Å². The highest BCUT2D eigenvalue weighted by atomic mass is 32.1. The maximum Gasteiger partial charge on any atom is 0.338 e. The molecule has 0 saturated carbocycles. The molecule has 10 nitrogen and oxygen atoms in total. The first-order valence-electron chi connectivity index (χ1n) is 12.0. The van der Waals surface area contributed by atoms with Gasteiger partial charge in [0.2, 0.25) is 0 Å². The van der Waals surface area contributed by atoms with Gasteiger partial charge in [0.1, 0.15) is 6.04 Å². The molecule has 1 aromatic heterocycles. The molecule has 0 amide bonds. The number of allylic oxidation sites excluding steroid dienone is 1. The van der Waals surface area contributed by atoms with Crippen LogP contribution in [0.5, 0.6) is 11.5 Å². The predicted molar refractivity (Wildman–Crippen MR) is 142 cm³/mol. The SMILES string of the molecule is CCOC(=O)C1=C(C)N=c2s/c(=C/c3ccc(C)c([N+](=O)[O-])c3)c(=O)n2[C@@H]1c1cccc(OC)c1OCC. The summed E-state index contributed by atoms with van der Waals surface area (Å²) in [5.41, 5.74) is 1.75. The molecule has 0 N–H and O–H groups in total. The van der Waals surface area contributed by atoms with E-state index in [0.717, 1.165) is 11.3 Å². The fourth-order valence-corrected chi connectivity index (χ4v) is 5.40. The number of aryl methyl sites for hydroxylation is 1. The van der Waals surface area contributed by atoms with Crippen LogP contribution in [-0.4, -0.2) is 35.8 Å². The number of thiazole rings is 1. The quantitative estimate of drug-likeness (QED) is 0.245. The Bertz CT molecular complexity index is 1630. The van der Waals surface area contributed by atoms with Crippen LogP contribution < -0.4 is 24.4 Å². The number of carbonyl (C=O) groups excluding carboxylic acids is 1. The molecule has 1 aliphatic rings. The highest BCUT2D eigenvalue weighted by molar-refractivity contribution is 7.07. The summed E-state index contributed by atoms with van der Waals surface area (Å²) in [6.07, 6.45) is 1.59. The summed E-state index contributed by atoms with van der Waals surface area (Å²) in [4.78, 5) is 42.9. The van der Waals surface area contributed by atoms with Gasteiger partial charge in [0.05, 0.1) is 41.0 Å². The number of para-hydroxylation sites is 1. The summed E-state index contributed by atoms with van der Waals surface area (Å²) in [7, 11) is 1.52. The second-order valence-corrected chi connectivity index (χ2v) is 9.43. The number of esters is 1. The molecule has 1 aliphatic heterocycles. The number of methoxy groups -OCH3 is 1. The molecule has 0 saturated heterocycles. The van der Waals surface area contributed by atoms with Gasteiger partial charge in [-0.05, 0) is 45.4 Å². The number of nitro benzene ring substituents is 1. The molecule has 2 heterocycles. The van der Waals surface area contributed by atoms with Crippen LogP contribution in [-0.2, 0) is 9.53 Å². The molecule has 0 spiro atoms. The van der Waals surface area contributed by atoms with Gasteiger partial charge in [0.15, 0.2) is 16.3 Å². The standard InChI is InChI=1S/C27H27N3O7S/c1-6-36-24-18(9-8-10-20(24)35-5)23-22(26(32)37-7-2)16(4)28-27-29(23)25(31)21(38-27)14-17-12-11-15(3)19(13-17)30(33)34/h8-14,23H,6-7H2,1-5H3/b21-14+/t23-/m1/s1. The zero-order valence-corrected chi connectivity index (χ0v) is 22.5. The van der Waals surface area contributed by atoms with Gasteiger partial charge < -0.3 is 14.2 Å². The minimum Gasteiger partial charge on any atom is -0.493 e. The predicted octanol–water partition coefficient (Wildman–Crippen LogP) is 3.42. The highest BCUT2D eigenvalue weighted by Gasteiger charge is 2.36. The number of benzene rings is 2. The fraction of sp³-hybridized carbons (Fsp3) is 0.296. The third-order valence-corrected chi connectivity index (χ3v) is 7.04. The zero-order chi connectivity index (χ0) is 27.6. The van der Waals surface area contributed by atoms with Crippen molar-refractivity contribution >= 4 is 29.1 Å². The van der Waals surface area contributed by atoms with Crippen molar-refractivity contribution in [3.8, 4) is 11.5 Å². The van der Waals surface area contributed by atoms with Gasteiger partial charge in [-0.3, -0.25) is 19.5 Å². The van der Waals surface area contributed by atoms with Crippen molar-refractivity contribution in [3.05, 3.63) is 94.2 Å². The Kier molecular flexibility index (Phi) is 7.77. The summed E-state index contributed by atoms with van der Waals surface area (Å²) in [6, 6.07) is 9.15. The van der Waals surface area contributed by atoms with E-state index in [1.54, 1.807) is 57.2 Å². The first-order valence-corrected chi connectivity index (χ1v) is 12.8. The second kappa shape index (κ2) is 11.0. The lowest BCUT2D eigenvalue weighted by atomic mass is 9.94. The van der Waals surface area contributed by atoms with E-state index < -0.39 is 22.5 Å². The zero-order valence-electron chi connectivity index (χ0n) is 21.6. The Balaban J connectivity index is 2.01. The van der Waals surface area contributed by atoms with E-state index in [0.29, 0.717) is 49.8 Å². The van der Waals surface area contributed by atoms with Crippen molar-refractivity contribution < 1.29 is 23.9 Å². The topological polar surface area (TPSA) is 122 Å². The van der Waals surface area contributed by atoms with E-state index in [1.807, 2.05) is 6.92 Å². The van der Waals surface area contributed by atoms with Crippen LogP contribution in [0.15, 0.2) is 57.5 Å². The molecule has 0 fully saturated rings. The lowest BCUT2D eigenvalue weighted by Crippen LogP contribution is -2.40. The lowest BCUT2D eigenvalue weighted by Gasteiger charge is -2.26. The van der Waals surface area contributed by atoms with E-state index in [4.69, 9.17) is 14.2 Å². The highest BCUT2D eigenvalue weighted by Crippen LogP contribution is 2.40. The van der Waals surface area contributed by atoms with Gasteiger partial charge >= 0.3 is 5.97 Å². The Morgan fingerprint density at radius 3 is 2.63 bits per heavy atom. The number of ether oxygens (including phenoxy) is 3. The van der Waals surface area contributed by atoms with Crippen LogP contribution in [0.4, 0.5) is 5.69 Å². The first-order chi connectivity index (χ1) is 18.2. The maximum absolute atomic E-state index is 13.8. The second-order valence-electron chi connectivity index (χ2n) is 8.42. The van der Waals surface area contributed by atoms with Gasteiger partial charge in [-0.25, -0.2) is 9.79 Å².